The molecule has 9 N–H and O–H groups in total. The molecule has 6 atom stereocenters. The SMILES string of the molecule is CC(C)(C)OC(=O)N[C@@H]1CN(Cc2ccccc2)CC2(CCC2)C1.CC(C)(C)OC(=O)N[C@@H]1CNCC2(CCC2)C1.CC(C)(C)OC(=O)N[C@H](CO)CC1(CO)CCC1.CC(C)(C)OC(=O)N[C@H](COS(C)(=O)=O)CC1(COS(C)(=O)=O)CCC1.COC(=O)CC[C@H](NC(=O)OC(C)(C)C)C(=O)OC.COC(=O)[C@H](CC1(C(=O)OC)CCC1)NC(=O)OC(C)(C)C. The van der Waals surface area contributed by atoms with Gasteiger partial charge in [0.1, 0.15) is 45.7 Å². The maximum atomic E-state index is 12.2. The van der Waals surface area contributed by atoms with E-state index < -0.39 is 125 Å². The lowest BCUT2D eigenvalue weighted by Gasteiger charge is -2.51. The van der Waals surface area contributed by atoms with E-state index in [1.54, 1.807) is 83.1 Å². The van der Waals surface area contributed by atoms with Gasteiger partial charge in [-0.05, 0) is 255 Å². The molecular formula is C88H154N8O28S2. The number of nitrogens with zero attached hydrogens (tertiary/aromatic N) is 1. The molecule has 2 saturated heterocycles. The summed E-state index contributed by atoms with van der Waals surface area (Å²) in [6.45, 7) is 36.8. The summed E-state index contributed by atoms with van der Waals surface area (Å²) in [6, 6.07) is 8.09. The third-order valence-corrected chi connectivity index (χ3v) is 22.9. The van der Waals surface area contributed by atoms with Crippen LogP contribution in [0.15, 0.2) is 30.3 Å². The number of amides is 6. The fourth-order valence-corrected chi connectivity index (χ4v) is 16.4. The number of rotatable bonds is 28. The van der Waals surface area contributed by atoms with E-state index in [-0.39, 0.29) is 87.4 Å². The normalized spacial score (nSPS) is 19.8. The molecule has 0 unspecified atom stereocenters. The van der Waals surface area contributed by atoms with Gasteiger partial charge in [-0.15, -0.1) is 0 Å². The number of nitrogens with one attached hydrogen (secondary N) is 7. The number of benzene rings is 1. The van der Waals surface area contributed by atoms with Crippen molar-refractivity contribution < 1.29 is 131 Å². The molecule has 726 valence electrons. The fraction of sp³-hybridized carbons (Fsp3) is 0.818. The van der Waals surface area contributed by atoms with Gasteiger partial charge in [0.15, 0.2) is 0 Å². The Hall–Kier alpha value is -7.62. The summed E-state index contributed by atoms with van der Waals surface area (Å²) in [4.78, 5) is 120. The Bertz CT molecular complexity index is 3840. The van der Waals surface area contributed by atoms with Crippen LogP contribution in [-0.4, -0.2) is 256 Å². The van der Waals surface area contributed by atoms with Crippen LogP contribution in [0.1, 0.15) is 271 Å². The standard InChI is InChI=1S/C20H30N2O2.C15H29NO8S2.C15H25NO6.C13H24N2O2.C13H25NO4.C12H21NO6/c1-19(2,3)24-18(23)21-17-12-20(10-7-11-20)15-22(14-17)13-16-8-5-4-6-9-16;1-14(2,3)24-13(17)16-12(10-22-25(4,18)19)9-15(7-6-8-15)11-23-26(5,20)21;1-14(2,3)22-13(19)16-10(11(17)20-4)9-15(7-6-8-15)12(18)21-5;1-12(2,3)17-11(16)15-10-7-13(5-4-6-13)9-14-8-10;1-12(2,3)18-11(17)14-10(8-15)7-13(9-16)5-4-6-13;1-12(2,3)19-11(16)13-8(10(15)18-5)6-7-9(14)17-4/h4-6,8-9,17H,7,10-15H2,1-3H3,(H,21,23);12H,6-11H2,1-5H3,(H,16,17);10H,6-9H2,1-5H3,(H,16,19);10,14H,4-9H2,1-3H3,(H,15,16);10,15-16H,4-9H2,1-3H3,(H,14,17);8H,6-7H2,1-5H3,(H,13,16)/t17-;12-;3*10-;8-/m000000/s1. The lowest BCUT2D eigenvalue weighted by Crippen LogP contribution is -2.57. The van der Waals surface area contributed by atoms with E-state index in [9.17, 15) is 75.0 Å². The van der Waals surface area contributed by atoms with Crippen molar-refractivity contribution >= 4 is 80.7 Å². The minimum Gasteiger partial charge on any atom is -0.469 e. The van der Waals surface area contributed by atoms with Gasteiger partial charge in [-0.2, -0.15) is 16.8 Å². The molecule has 126 heavy (non-hydrogen) atoms. The monoisotopic (exact) mass is 1840 g/mol. The maximum Gasteiger partial charge on any atom is 0.408 e. The molecule has 36 nitrogen and oxygen atoms in total. The number of likely N-dealkylation sites (tertiary alicyclic amines) is 1. The van der Waals surface area contributed by atoms with Gasteiger partial charge >= 0.3 is 60.4 Å². The van der Waals surface area contributed by atoms with Gasteiger partial charge in [0.2, 0.25) is 0 Å². The second kappa shape index (κ2) is 49.4. The minimum absolute atomic E-state index is 0.00787. The largest absolute Gasteiger partial charge is 0.469 e. The van der Waals surface area contributed by atoms with Gasteiger partial charge < -0.3 is 94.8 Å². The molecule has 38 heteroatoms. The molecule has 2 heterocycles. The summed E-state index contributed by atoms with van der Waals surface area (Å²) in [6.07, 6.45) is 17.2. The smallest absolute Gasteiger partial charge is 0.408 e. The Morgan fingerprint density at radius 3 is 1.26 bits per heavy atom. The number of aliphatic hydroxyl groups excluding tert-OH is 2. The molecule has 5 saturated carbocycles. The average molecular weight is 1840 g/mol. The number of hydrogen-bond donors (Lipinski definition) is 9. The summed E-state index contributed by atoms with van der Waals surface area (Å²) < 4.78 is 105. The van der Waals surface area contributed by atoms with Crippen molar-refractivity contribution in [2.45, 2.75) is 342 Å². The highest BCUT2D eigenvalue weighted by Gasteiger charge is 2.50. The number of piperidine rings is 2. The molecule has 7 fully saturated rings. The zero-order chi connectivity index (χ0) is 95.8. The van der Waals surface area contributed by atoms with Crippen LogP contribution >= 0.6 is 0 Å². The Labute approximate surface area is 748 Å². The number of aliphatic hydroxyl groups is 2. The first-order chi connectivity index (χ1) is 57.9. The third-order valence-electron chi connectivity index (χ3n) is 21.8. The van der Waals surface area contributed by atoms with Crippen LogP contribution in [0.2, 0.25) is 0 Å². The van der Waals surface area contributed by atoms with E-state index in [4.69, 9.17) is 46.3 Å². The molecule has 0 bridgehead atoms. The summed E-state index contributed by atoms with van der Waals surface area (Å²) >= 11 is 0. The van der Waals surface area contributed by atoms with Gasteiger partial charge in [-0.1, -0.05) is 62.4 Å². The Morgan fingerprint density at radius 2 is 0.881 bits per heavy atom. The predicted molar refractivity (Wildman–Crippen MR) is 471 cm³/mol. The lowest BCUT2D eigenvalue weighted by atomic mass is 9.63. The molecule has 0 radical (unpaired) electrons. The van der Waals surface area contributed by atoms with Crippen molar-refractivity contribution in [3.05, 3.63) is 35.9 Å². The molecule has 6 amide bonds. The molecule has 1 aromatic carbocycles. The van der Waals surface area contributed by atoms with Crippen LogP contribution in [0.3, 0.4) is 0 Å². The molecule has 1 aromatic rings. The highest BCUT2D eigenvalue weighted by atomic mass is 32.2. The molecule has 5 aliphatic carbocycles. The van der Waals surface area contributed by atoms with Crippen LogP contribution in [0.5, 0.6) is 0 Å². The summed E-state index contributed by atoms with van der Waals surface area (Å²) in [5.74, 6) is -2.09. The lowest BCUT2D eigenvalue weighted by molar-refractivity contribution is -0.161. The van der Waals surface area contributed by atoms with Gasteiger partial charge in [-0.3, -0.25) is 22.9 Å². The average Bonchev–Trinajstić information content (AvgIpc) is 0.792. The number of methoxy groups -OCH3 is 4. The molecule has 7 aliphatic rings. The third kappa shape index (κ3) is 45.6. The molecule has 8 rings (SSSR count). The van der Waals surface area contributed by atoms with Gasteiger partial charge in [0, 0.05) is 57.8 Å². The quantitative estimate of drug-likeness (QED) is 0.0214. The van der Waals surface area contributed by atoms with Gasteiger partial charge in [0.25, 0.3) is 20.2 Å². The minimum atomic E-state index is -3.69. The number of carbonyl (C=O) groups excluding carboxylic acids is 10. The van der Waals surface area contributed by atoms with Crippen LogP contribution in [0.25, 0.3) is 0 Å². The van der Waals surface area contributed by atoms with Crippen molar-refractivity contribution in [1.82, 2.24) is 42.1 Å². The molecule has 2 aliphatic heterocycles. The Balaban J connectivity index is 0.000000392. The van der Waals surface area contributed by atoms with Crippen LogP contribution in [0, 0.1) is 27.1 Å². The first-order valence-corrected chi connectivity index (χ1v) is 47.2. The van der Waals surface area contributed by atoms with E-state index in [1.165, 1.54) is 72.5 Å². The number of ether oxygens (including phenoxy) is 10. The van der Waals surface area contributed by atoms with Gasteiger partial charge in [0.05, 0.1) is 78.3 Å². The zero-order valence-electron chi connectivity index (χ0n) is 79.5. The first kappa shape index (κ1) is 113. The van der Waals surface area contributed by atoms with E-state index in [2.05, 4.69) is 81.9 Å². The number of carbonyl (C=O) groups is 10. The maximum absolute atomic E-state index is 12.2. The number of hydrogen-bond acceptors (Lipinski definition) is 30. The highest BCUT2D eigenvalue weighted by molar-refractivity contribution is 7.86. The van der Waals surface area contributed by atoms with Crippen molar-refractivity contribution in [3.63, 3.8) is 0 Å². The molecule has 2 spiro atoms. The summed E-state index contributed by atoms with van der Waals surface area (Å²) in [5, 5.41) is 38.3. The zero-order valence-corrected chi connectivity index (χ0v) is 81.2. The summed E-state index contributed by atoms with van der Waals surface area (Å²) in [5.41, 5.74) is -2.59. The van der Waals surface area contributed by atoms with E-state index in [0.717, 1.165) is 90.2 Å². The van der Waals surface area contributed by atoms with Crippen LogP contribution in [-0.2, 0) is 102 Å². The number of esters is 4. The first-order valence-electron chi connectivity index (χ1n) is 43.6. The predicted octanol–water partition coefficient (Wildman–Crippen LogP) is 11.6. The second-order valence-electron chi connectivity index (χ2n) is 40.6. The van der Waals surface area contributed by atoms with Crippen LogP contribution in [0.4, 0.5) is 28.8 Å². The van der Waals surface area contributed by atoms with Crippen molar-refractivity contribution in [2.24, 2.45) is 27.1 Å². The molecular weight excluding hydrogens is 1680 g/mol. The van der Waals surface area contributed by atoms with E-state index >= 15 is 0 Å². The Kier molecular flexibility index (Phi) is 44.1. The summed E-state index contributed by atoms with van der Waals surface area (Å²) in [7, 11) is -2.28. The van der Waals surface area contributed by atoms with Crippen LogP contribution < -0.4 is 37.2 Å². The van der Waals surface area contributed by atoms with Crippen molar-refractivity contribution in [1.29, 1.82) is 0 Å². The Morgan fingerprint density at radius 1 is 0.476 bits per heavy atom. The van der Waals surface area contributed by atoms with Gasteiger partial charge in [-0.25, -0.2) is 38.4 Å². The van der Waals surface area contributed by atoms with Crippen molar-refractivity contribution in [3.8, 4) is 0 Å². The topological polar surface area (TPSA) is 478 Å². The molecule has 0 aromatic heterocycles. The fourth-order valence-electron chi connectivity index (χ4n) is 15.5. The van der Waals surface area contributed by atoms with E-state index in [0.29, 0.717) is 49.4 Å². The van der Waals surface area contributed by atoms with Crippen molar-refractivity contribution in [2.75, 3.05) is 93.6 Å². The van der Waals surface area contributed by atoms with E-state index in [1.807, 2.05) is 41.5 Å². The second-order valence-corrected chi connectivity index (χ2v) is 43.9. The number of alkyl carbamates (subject to hydrolysis) is 6. The highest BCUT2D eigenvalue weighted by Crippen LogP contribution is 2.50.